The molecular weight excluding hydrogens is 443 g/mol. The summed E-state index contributed by atoms with van der Waals surface area (Å²) >= 11 is 0. The quantitative estimate of drug-likeness (QED) is 0.248. The second-order valence-corrected chi connectivity index (χ2v) is 6.09. The normalized spacial score (nSPS) is 16.6. The van der Waals surface area contributed by atoms with E-state index in [4.69, 9.17) is 9.47 Å². The molecule has 2 N–H and O–H groups in total. The van der Waals surface area contributed by atoms with E-state index in [2.05, 4.69) is 39.6 Å². The van der Waals surface area contributed by atoms with E-state index in [0.29, 0.717) is 6.54 Å². The average molecular weight is 476 g/mol. The van der Waals surface area contributed by atoms with E-state index in [1.807, 2.05) is 18.2 Å². The number of rotatable bonds is 9. The van der Waals surface area contributed by atoms with Crippen LogP contribution in [0.4, 0.5) is 0 Å². The number of hydrogen-bond acceptors (Lipinski definition) is 4. The Labute approximate surface area is 174 Å². The highest BCUT2D eigenvalue weighted by Gasteiger charge is 2.11. The Hall–Kier alpha value is -0.900. The van der Waals surface area contributed by atoms with Crippen LogP contribution in [0.25, 0.3) is 0 Å². The standard InChI is InChI=1S/C19H32N4O2.HI/c1-3-20-19(21-10-7-11-23-12-14-25-15-13-23)22-16-18(24-2)17-8-5-4-6-9-17;/h4-6,8-9,18H,3,7,10-16H2,1-2H3,(H2,20,21,22);1H. The Kier molecular flexibility index (Phi) is 12.6. The van der Waals surface area contributed by atoms with Gasteiger partial charge in [0.2, 0.25) is 0 Å². The van der Waals surface area contributed by atoms with E-state index in [-0.39, 0.29) is 30.1 Å². The zero-order valence-electron chi connectivity index (χ0n) is 15.9. The van der Waals surface area contributed by atoms with Crippen LogP contribution in [0.5, 0.6) is 0 Å². The molecule has 1 fully saturated rings. The summed E-state index contributed by atoms with van der Waals surface area (Å²) in [5.41, 5.74) is 1.15. The van der Waals surface area contributed by atoms with Crippen LogP contribution in [0.1, 0.15) is 25.0 Å². The van der Waals surface area contributed by atoms with Crippen molar-refractivity contribution in [2.75, 3.05) is 59.6 Å². The van der Waals surface area contributed by atoms with Crippen molar-refractivity contribution >= 4 is 29.9 Å². The number of benzene rings is 1. The molecule has 1 heterocycles. The highest BCUT2D eigenvalue weighted by molar-refractivity contribution is 14.0. The molecule has 0 bridgehead atoms. The van der Waals surface area contributed by atoms with Gasteiger partial charge < -0.3 is 20.1 Å². The van der Waals surface area contributed by atoms with Gasteiger partial charge in [0.05, 0.1) is 19.8 Å². The maximum atomic E-state index is 5.59. The van der Waals surface area contributed by atoms with Crippen LogP contribution >= 0.6 is 24.0 Å². The van der Waals surface area contributed by atoms with Crippen molar-refractivity contribution in [1.82, 2.24) is 15.5 Å². The zero-order chi connectivity index (χ0) is 17.7. The number of methoxy groups -OCH3 is 1. The summed E-state index contributed by atoms with van der Waals surface area (Å²) < 4.78 is 11.0. The predicted octanol–water partition coefficient (Wildman–Crippen LogP) is 2.27. The molecule has 148 valence electrons. The number of nitrogens with one attached hydrogen (secondary N) is 2. The second-order valence-electron chi connectivity index (χ2n) is 6.09. The second kappa shape index (κ2) is 14.2. The van der Waals surface area contributed by atoms with Crippen molar-refractivity contribution in [2.45, 2.75) is 19.4 Å². The highest BCUT2D eigenvalue weighted by atomic mass is 127. The minimum atomic E-state index is -0.0231. The van der Waals surface area contributed by atoms with Crippen LogP contribution in [-0.2, 0) is 9.47 Å². The molecule has 0 spiro atoms. The van der Waals surface area contributed by atoms with E-state index in [9.17, 15) is 0 Å². The fraction of sp³-hybridized carbons (Fsp3) is 0.632. The lowest BCUT2D eigenvalue weighted by molar-refractivity contribution is 0.0376. The van der Waals surface area contributed by atoms with Crippen LogP contribution in [0.2, 0.25) is 0 Å². The largest absolute Gasteiger partial charge is 0.379 e. The predicted molar refractivity (Wildman–Crippen MR) is 117 cm³/mol. The van der Waals surface area contributed by atoms with Crippen molar-refractivity contribution in [3.63, 3.8) is 0 Å². The molecule has 1 saturated heterocycles. The molecule has 6 nitrogen and oxygen atoms in total. The summed E-state index contributed by atoms with van der Waals surface area (Å²) in [7, 11) is 1.73. The summed E-state index contributed by atoms with van der Waals surface area (Å²) in [4.78, 5) is 7.13. The topological polar surface area (TPSA) is 58.1 Å². The number of halogens is 1. The van der Waals surface area contributed by atoms with Crippen molar-refractivity contribution in [3.05, 3.63) is 35.9 Å². The maximum Gasteiger partial charge on any atom is 0.191 e. The zero-order valence-corrected chi connectivity index (χ0v) is 18.3. The van der Waals surface area contributed by atoms with Gasteiger partial charge in [0.25, 0.3) is 0 Å². The third-order valence-corrected chi connectivity index (χ3v) is 4.26. The molecule has 0 saturated carbocycles. The molecule has 1 unspecified atom stereocenters. The molecule has 7 heteroatoms. The number of aliphatic imine (C=N–C) groups is 1. The number of morpholine rings is 1. The van der Waals surface area contributed by atoms with E-state index in [1.54, 1.807) is 7.11 Å². The highest BCUT2D eigenvalue weighted by Crippen LogP contribution is 2.16. The molecule has 0 radical (unpaired) electrons. The Morgan fingerprint density at radius 3 is 2.62 bits per heavy atom. The summed E-state index contributed by atoms with van der Waals surface area (Å²) in [6.07, 6.45) is 1.07. The first-order valence-corrected chi connectivity index (χ1v) is 9.23. The third-order valence-electron chi connectivity index (χ3n) is 4.26. The van der Waals surface area contributed by atoms with Gasteiger partial charge in [0.15, 0.2) is 5.96 Å². The molecule has 1 aliphatic rings. The number of guanidine groups is 1. The fourth-order valence-corrected chi connectivity index (χ4v) is 2.83. The minimum absolute atomic E-state index is 0. The Balaban J connectivity index is 0.00000338. The monoisotopic (exact) mass is 476 g/mol. The van der Waals surface area contributed by atoms with Gasteiger partial charge in [-0.1, -0.05) is 30.3 Å². The van der Waals surface area contributed by atoms with Crippen molar-refractivity contribution < 1.29 is 9.47 Å². The minimum Gasteiger partial charge on any atom is -0.379 e. The van der Waals surface area contributed by atoms with Gasteiger partial charge in [-0.05, 0) is 25.5 Å². The molecule has 1 aromatic rings. The van der Waals surface area contributed by atoms with Gasteiger partial charge in [0, 0.05) is 33.3 Å². The van der Waals surface area contributed by atoms with E-state index in [0.717, 1.165) is 63.9 Å². The van der Waals surface area contributed by atoms with Crippen LogP contribution in [0.3, 0.4) is 0 Å². The van der Waals surface area contributed by atoms with Gasteiger partial charge in [-0.15, -0.1) is 24.0 Å². The van der Waals surface area contributed by atoms with E-state index < -0.39 is 0 Å². The molecular formula is C19H33IN4O2. The number of hydrogen-bond donors (Lipinski definition) is 2. The summed E-state index contributed by atoms with van der Waals surface area (Å²) in [6.45, 7) is 9.33. The lowest BCUT2D eigenvalue weighted by Gasteiger charge is -2.26. The SMILES string of the molecule is CCNC(=NCC(OC)c1ccccc1)NCCCN1CCOCC1.I. The molecule has 1 aliphatic heterocycles. The number of ether oxygens (including phenoxy) is 2. The average Bonchev–Trinajstić information content (AvgIpc) is 2.67. The fourth-order valence-electron chi connectivity index (χ4n) is 2.83. The lowest BCUT2D eigenvalue weighted by Crippen LogP contribution is -2.41. The molecule has 0 aromatic heterocycles. The van der Waals surface area contributed by atoms with E-state index in [1.165, 1.54) is 0 Å². The maximum absolute atomic E-state index is 5.59. The summed E-state index contributed by atoms with van der Waals surface area (Å²) in [5, 5.41) is 6.72. The third kappa shape index (κ3) is 8.66. The van der Waals surface area contributed by atoms with Gasteiger partial charge in [-0.25, -0.2) is 0 Å². The van der Waals surface area contributed by atoms with E-state index >= 15 is 0 Å². The molecule has 26 heavy (non-hydrogen) atoms. The summed E-state index contributed by atoms with van der Waals surface area (Å²) in [5.74, 6) is 0.849. The first-order valence-electron chi connectivity index (χ1n) is 9.23. The first-order chi connectivity index (χ1) is 12.3. The molecule has 2 rings (SSSR count). The summed E-state index contributed by atoms with van der Waals surface area (Å²) in [6, 6.07) is 10.2. The van der Waals surface area contributed by atoms with Crippen LogP contribution in [0.15, 0.2) is 35.3 Å². The Morgan fingerprint density at radius 1 is 1.23 bits per heavy atom. The molecule has 1 atom stereocenters. The Morgan fingerprint density at radius 2 is 1.96 bits per heavy atom. The molecule has 0 aliphatic carbocycles. The van der Waals surface area contributed by atoms with Crippen LogP contribution in [-0.4, -0.2) is 70.5 Å². The van der Waals surface area contributed by atoms with Crippen LogP contribution in [0, 0.1) is 0 Å². The van der Waals surface area contributed by atoms with Gasteiger partial charge in [0.1, 0.15) is 6.10 Å². The smallest absolute Gasteiger partial charge is 0.191 e. The lowest BCUT2D eigenvalue weighted by atomic mass is 10.1. The molecule has 1 aromatic carbocycles. The van der Waals surface area contributed by atoms with Crippen molar-refractivity contribution in [3.8, 4) is 0 Å². The Bertz CT molecular complexity index is 496. The van der Waals surface area contributed by atoms with Gasteiger partial charge in [-0.3, -0.25) is 9.89 Å². The molecule has 0 amide bonds. The van der Waals surface area contributed by atoms with Crippen molar-refractivity contribution in [2.24, 2.45) is 4.99 Å². The first kappa shape index (κ1) is 23.1. The number of nitrogens with zero attached hydrogens (tertiary/aromatic N) is 2. The van der Waals surface area contributed by atoms with Gasteiger partial charge in [-0.2, -0.15) is 0 Å². The van der Waals surface area contributed by atoms with Gasteiger partial charge >= 0.3 is 0 Å². The van der Waals surface area contributed by atoms with Crippen molar-refractivity contribution in [1.29, 1.82) is 0 Å². The van der Waals surface area contributed by atoms with Crippen LogP contribution < -0.4 is 10.6 Å².